The van der Waals surface area contributed by atoms with Crippen LogP contribution >= 0.6 is 0 Å². The van der Waals surface area contributed by atoms with Crippen molar-refractivity contribution in [3.63, 3.8) is 0 Å². The molecule has 0 bridgehead atoms. The highest BCUT2D eigenvalue weighted by Crippen LogP contribution is 2.40. The van der Waals surface area contributed by atoms with Crippen LogP contribution in [0.25, 0.3) is 33.4 Å². The average Bonchev–Trinajstić information content (AvgIpc) is 3.35. The number of halogens is 2. The zero-order chi connectivity index (χ0) is 26.8. The van der Waals surface area contributed by atoms with Gasteiger partial charge < -0.3 is 13.7 Å². The largest absolute Gasteiger partial charge is 0.455 e. The van der Waals surface area contributed by atoms with Crippen molar-refractivity contribution < 1.29 is 26.4 Å². The molecular formula is C28H22F2N2O5S. The molecule has 0 aliphatic heterocycles. The van der Waals surface area contributed by atoms with Crippen LogP contribution in [-0.4, -0.2) is 19.5 Å². The summed E-state index contributed by atoms with van der Waals surface area (Å²) in [5.74, 6) is -1.07. The number of ether oxygens (including phenoxy) is 1. The number of hydrogen-bond donors (Lipinski definition) is 2. The SMILES string of the molecule is Cn1cc(-c2cc(CCN[SH](=O)=O)ccc2Oc2ccc(F)cc2F)c2oc(-c3ccccc3)cc2c1=O. The summed E-state index contributed by atoms with van der Waals surface area (Å²) in [6.07, 6.45) is 1.96. The second-order valence-electron chi connectivity index (χ2n) is 8.60. The average molecular weight is 537 g/mol. The number of nitrogens with zero attached hydrogens (tertiary/aromatic N) is 1. The maximum Gasteiger partial charge on any atom is 0.261 e. The van der Waals surface area contributed by atoms with Crippen molar-refractivity contribution in [2.24, 2.45) is 7.05 Å². The van der Waals surface area contributed by atoms with E-state index in [0.717, 1.165) is 23.3 Å². The molecule has 38 heavy (non-hydrogen) atoms. The van der Waals surface area contributed by atoms with E-state index < -0.39 is 22.5 Å². The Kier molecular flexibility index (Phi) is 7.08. The second kappa shape index (κ2) is 10.6. The number of aromatic nitrogens is 1. The number of thiol groups is 1. The number of fused-ring (bicyclic) bond motifs is 1. The summed E-state index contributed by atoms with van der Waals surface area (Å²) in [5, 5.41) is 0.346. The van der Waals surface area contributed by atoms with Crippen LogP contribution in [0.1, 0.15) is 5.56 Å². The van der Waals surface area contributed by atoms with Crippen molar-refractivity contribution in [1.29, 1.82) is 0 Å². The fourth-order valence-corrected chi connectivity index (χ4v) is 4.48. The van der Waals surface area contributed by atoms with Gasteiger partial charge in [-0.3, -0.25) is 4.79 Å². The summed E-state index contributed by atoms with van der Waals surface area (Å²) in [5.41, 5.74) is 2.58. The number of aryl methyl sites for hydroxylation is 1. The summed E-state index contributed by atoms with van der Waals surface area (Å²) < 4.78 is 65.6. The number of pyridine rings is 1. The molecule has 5 aromatic rings. The van der Waals surface area contributed by atoms with Gasteiger partial charge in [-0.05, 0) is 42.3 Å². The van der Waals surface area contributed by atoms with Crippen LogP contribution in [0.3, 0.4) is 0 Å². The van der Waals surface area contributed by atoms with E-state index in [2.05, 4.69) is 4.72 Å². The molecular weight excluding hydrogens is 514 g/mol. The lowest BCUT2D eigenvalue weighted by Gasteiger charge is -2.15. The Balaban J connectivity index is 1.69. The van der Waals surface area contributed by atoms with E-state index in [1.54, 1.807) is 37.5 Å². The van der Waals surface area contributed by atoms with Gasteiger partial charge in [-0.15, -0.1) is 0 Å². The first-order valence-corrected chi connectivity index (χ1v) is 12.8. The normalized spacial score (nSPS) is 11.4. The molecule has 3 aromatic carbocycles. The monoisotopic (exact) mass is 536 g/mol. The quantitative estimate of drug-likeness (QED) is 0.266. The standard InChI is InChI=1S/C28H22F2N2O5S/c1-32-16-22(27-21(28(32)33)15-26(37-27)18-5-3-2-4-6-18)20-13-17(11-12-31-38(34)35)7-9-24(20)36-25-10-8-19(29)14-23(25)30/h2-10,13-16,38H,11-12H2,1H3,(H,31,34,35). The first-order valence-electron chi connectivity index (χ1n) is 11.6. The fraction of sp³-hybridized carbons (Fsp3) is 0.107. The Morgan fingerprint density at radius 1 is 0.947 bits per heavy atom. The zero-order valence-electron chi connectivity index (χ0n) is 20.1. The molecule has 0 atom stereocenters. The highest BCUT2D eigenvalue weighted by Gasteiger charge is 2.20. The van der Waals surface area contributed by atoms with E-state index in [0.29, 0.717) is 34.3 Å². The number of rotatable bonds is 8. The van der Waals surface area contributed by atoms with Crippen LogP contribution in [0.15, 0.2) is 88.2 Å². The van der Waals surface area contributed by atoms with E-state index in [-0.39, 0.29) is 23.6 Å². The molecule has 0 saturated heterocycles. The molecule has 0 spiro atoms. The minimum absolute atomic E-state index is 0.173. The van der Waals surface area contributed by atoms with Gasteiger partial charge in [0.1, 0.15) is 22.9 Å². The lowest BCUT2D eigenvalue weighted by molar-refractivity contribution is 0.439. The van der Waals surface area contributed by atoms with Crippen LogP contribution in [0.4, 0.5) is 8.78 Å². The lowest BCUT2D eigenvalue weighted by Crippen LogP contribution is -2.16. The van der Waals surface area contributed by atoms with Gasteiger partial charge in [0.25, 0.3) is 5.56 Å². The van der Waals surface area contributed by atoms with Gasteiger partial charge in [-0.1, -0.05) is 36.4 Å². The molecule has 5 rings (SSSR count). The highest BCUT2D eigenvalue weighted by molar-refractivity contribution is 7.70. The van der Waals surface area contributed by atoms with Crippen LogP contribution in [0.5, 0.6) is 11.5 Å². The summed E-state index contributed by atoms with van der Waals surface area (Å²) >= 11 is 0. The van der Waals surface area contributed by atoms with Gasteiger partial charge in [0.05, 0.1) is 5.39 Å². The van der Waals surface area contributed by atoms with E-state index >= 15 is 0 Å². The summed E-state index contributed by atoms with van der Waals surface area (Å²) in [7, 11) is -1.13. The number of benzene rings is 3. The molecule has 0 aliphatic carbocycles. The molecule has 0 unspecified atom stereocenters. The van der Waals surface area contributed by atoms with Crippen LogP contribution in [-0.2, 0) is 24.4 Å². The Hall–Kier alpha value is -4.28. The van der Waals surface area contributed by atoms with Crippen molar-refractivity contribution in [2.75, 3.05) is 6.54 Å². The minimum atomic E-state index is -2.75. The first-order chi connectivity index (χ1) is 18.3. The first kappa shape index (κ1) is 25.4. The molecule has 10 heteroatoms. The van der Waals surface area contributed by atoms with Gasteiger partial charge >= 0.3 is 0 Å². The molecule has 194 valence electrons. The predicted octanol–water partition coefficient (Wildman–Crippen LogP) is 5.19. The molecule has 0 radical (unpaired) electrons. The van der Waals surface area contributed by atoms with Crippen LogP contribution < -0.4 is 15.0 Å². The lowest BCUT2D eigenvalue weighted by atomic mass is 10.0. The molecule has 0 saturated carbocycles. The molecule has 0 aliphatic rings. The molecule has 2 aromatic heterocycles. The Morgan fingerprint density at radius 3 is 2.45 bits per heavy atom. The topological polar surface area (TPSA) is 90.5 Å². The maximum atomic E-state index is 14.5. The highest BCUT2D eigenvalue weighted by atomic mass is 32.2. The van der Waals surface area contributed by atoms with Crippen LogP contribution in [0, 0.1) is 11.6 Å². The third kappa shape index (κ3) is 5.22. The van der Waals surface area contributed by atoms with E-state index in [4.69, 9.17) is 9.15 Å². The van der Waals surface area contributed by atoms with Gasteiger partial charge in [-0.2, -0.15) is 0 Å². The molecule has 1 N–H and O–H groups in total. The molecule has 0 amide bonds. The van der Waals surface area contributed by atoms with Gasteiger partial charge in [0.15, 0.2) is 11.6 Å². The van der Waals surface area contributed by atoms with Crippen LogP contribution in [0.2, 0.25) is 0 Å². The van der Waals surface area contributed by atoms with Crippen molar-refractivity contribution in [2.45, 2.75) is 6.42 Å². The van der Waals surface area contributed by atoms with Gasteiger partial charge in [-0.25, -0.2) is 21.9 Å². The molecule has 7 nitrogen and oxygen atoms in total. The van der Waals surface area contributed by atoms with Crippen molar-refractivity contribution in [3.05, 3.63) is 107 Å². The van der Waals surface area contributed by atoms with Crippen molar-refractivity contribution >= 4 is 21.9 Å². The Labute approximate surface area is 218 Å². The van der Waals surface area contributed by atoms with Gasteiger partial charge in [0.2, 0.25) is 10.9 Å². The zero-order valence-corrected chi connectivity index (χ0v) is 21.0. The predicted molar refractivity (Wildman–Crippen MR) is 141 cm³/mol. The van der Waals surface area contributed by atoms with Gasteiger partial charge in [0, 0.05) is 42.5 Å². The van der Waals surface area contributed by atoms with Crippen molar-refractivity contribution in [1.82, 2.24) is 9.29 Å². The smallest absolute Gasteiger partial charge is 0.261 e. The van der Waals surface area contributed by atoms with E-state index in [1.165, 1.54) is 10.6 Å². The third-order valence-corrected chi connectivity index (χ3v) is 6.49. The maximum absolute atomic E-state index is 14.5. The number of nitrogens with one attached hydrogen (secondary N) is 1. The van der Waals surface area contributed by atoms with E-state index in [9.17, 15) is 22.0 Å². The van der Waals surface area contributed by atoms with E-state index in [1.807, 2.05) is 30.3 Å². The third-order valence-electron chi connectivity index (χ3n) is 6.01. The summed E-state index contributed by atoms with van der Waals surface area (Å²) in [6, 6.07) is 19.1. The number of hydrogen-bond acceptors (Lipinski definition) is 5. The molecule has 0 fully saturated rings. The summed E-state index contributed by atoms with van der Waals surface area (Å²) in [6.45, 7) is 0.173. The fourth-order valence-electron chi connectivity index (χ4n) is 4.19. The van der Waals surface area contributed by atoms with Crippen molar-refractivity contribution in [3.8, 4) is 33.9 Å². The second-order valence-corrected chi connectivity index (χ2v) is 9.43. The minimum Gasteiger partial charge on any atom is -0.455 e. The molecule has 2 heterocycles. The Morgan fingerprint density at radius 2 is 1.71 bits per heavy atom. The number of furan rings is 1. The Bertz CT molecular complexity index is 1770. The summed E-state index contributed by atoms with van der Waals surface area (Å²) in [4.78, 5) is 13.0.